The lowest BCUT2D eigenvalue weighted by atomic mass is 10.1. The first kappa shape index (κ1) is 19.5. The summed E-state index contributed by atoms with van der Waals surface area (Å²) < 4.78 is 9.97. The van der Waals surface area contributed by atoms with E-state index in [0.29, 0.717) is 25.0 Å². The predicted octanol–water partition coefficient (Wildman–Crippen LogP) is 3.67. The molecule has 0 amide bonds. The van der Waals surface area contributed by atoms with E-state index in [-0.39, 0.29) is 24.8 Å². The number of unbranched alkanes of at least 4 members (excludes halogenated alkanes) is 5. The van der Waals surface area contributed by atoms with Gasteiger partial charge in [-0.25, -0.2) is 0 Å². The number of alkyl halides is 2. The molecule has 6 heteroatoms. The van der Waals surface area contributed by atoms with Gasteiger partial charge < -0.3 is 9.47 Å². The molecule has 0 fully saturated rings. The van der Waals surface area contributed by atoms with Crippen LogP contribution < -0.4 is 0 Å². The molecule has 0 aromatic carbocycles. The molecule has 0 bridgehead atoms. The number of rotatable bonds is 13. The highest BCUT2D eigenvalue weighted by molar-refractivity contribution is 6.19. The minimum Gasteiger partial charge on any atom is -0.466 e. The third-order valence-electron chi connectivity index (χ3n) is 2.66. The maximum Gasteiger partial charge on any atom is 0.306 e. The van der Waals surface area contributed by atoms with E-state index < -0.39 is 0 Å². The quantitative estimate of drug-likeness (QED) is 0.294. The van der Waals surface area contributed by atoms with Crippen molar-refractivity contribution in [1.29, 1.82) is 0 Å². The molecule has 0 aromatic rings. The van der Waals surface area contributed by atoms with E-state index in [1.807, 2.05) is 0 Å². The maximum absolute atomic E-state index is 11.0. The number of ether oxygens (including phenoxy) is 2. The molecule has 0 rings (SSSR count). The zero-order valence-corrected chi connectivity index (χ0v) is 13.4. The number of hydrogen-bond donors (Lipinski definition) is 0. The number of halogens is 2. The Morgan fingerprint density at radius 1 is 0.650 bits per heavy atom. The van der Waals surface area contributed by atoms with Crippen LogP contribution in [0, 0.1) is 0 Å². The SMILES string of the molecule is O=C(CCCl)OCCCCCCCCOC(=O)CCCl. The first-order valence-corrected chi connectivity index (χ1v) is 8.20. The minimum absolute atomic E-state index is 0.223. The van der Waals surface area contributed by atoms with Gasteiger partial charge in [0.15, 0.2) is 0 Å². The minimum atomic E-state index is -0.223. The standard InChI is InChI=1S/C14H24Cl2O4/c15-9-7-13(17)19-11-5-3-1-2-4-6-12-20-14(18)8-10-16/h1-12H2. The fraction of sp³-hybridized carbons (Fsp3) is 0.857. The van der Waals surface area contributed by atoms with Gasteiger partial charge >= 0.3 is 11.9 Å². The van der Waals surface area contributed by atoms with Crippen molar-refractivity contribution in [2.24, 2.45) is 0 Å². The Bertz CT molecular complexity index is 234. The van der Waals surface area contributed by atoms with Gasteiger partial charge in [-0.05, 0) is 12.8 Å². The highest BCUT2D eigenvalue weighted by Gasteiger charge is 2.01. The lowest BCUT2D eigenvalue weighted by Crippen LogP contribution is -2.06. The average molecular weight is 327 g/mol. The molecule has 0 aliphatic carbocycles. The van der Waals surface area contributed by atoms with Crippen molar-refractivity contribution in [2.45, 2.75) is 51.4 Å². The number of esters is 2. The van der Waals surface area contributed by atoms with E-state index in [2.05, 4.69) is 0 Å². The molecule has 0 heterocycles. The highest BCUT2D eigenvalue weighted by Crippen LogP contribution is 2.06. The lowest BCUT2D eigenvalue weighted by Gasteiger charge is -2.05. The number of carbonyl (C=O) groups is 2. The van der Waals surface area contributed by atoms with Crippen LogP contribution in [0.2, 0.25) is 0 Å². The molecule has 0 aliphatic heterocycles. The molecular weight excluding hydrogens is 303 g/mol. The number of hydrogen-bond acceptors (Lipinski definition) is 4. The average Bonchev–Trinajstić information content (AvgIpc) is 2.41. The van der Waals surface area contributed by atoms with Gasteiger partial charge in [0.1, 0.15) is 0 Å². The van der Waals surface area contributed by atoms with Crippen molar-refractivity contribution in [3.8, 4) is 0 Å². The Hall–Kier alpha value is -0.480. The van der Waals surface area contributed by atoms with Crippen LogP contribution >= 0.6 is 23.2 Å². The molecule has 0 aromatic heterocycles. The van der Waals surface area contributed by atoms with Gasteiger partial charge in [-0.3, -0.25) is 9.59 Å². The summed E-state index contributed by atoms with van der Waals surface area (Å²) in [4.78, 5) is 22.0. The van der Waals surface area contributed by atoms with Gasteiger partial charge in [0.2, 0.25) is 0 Å². The topological polar surface area (TPSA) is 52.6 Å². The summed E-state index contributed by atoms with van der Waals surface area (Å²) in [5, 5.41) is 0. The fourth-order valence-electron chi connectivity index (χ4n) is 1.58. The van der Waals surface area contributed by atoms with Crippen LogP contribution in [-0.4, -0.2) is 36.9 Å². The van der Waals surface area contributed by atoms with Crippen LogP contribution in [0.25, 0.3) is 0 Å². The monoisotopic (exact) mass is 326 g/mol. The molecule has 0 radical (unpaired) electrons. The van der Waals surface area contributed by atoms with Crippen LogP contribution in [-0.2, 0) is 19.1 Å². The molecule has 0 spiro atoms. The van der Waals surface area contributed by atoms with Crippen molar-refractivity contribution >= 4 is 35.1 Å². The molecular formula is C14H24Cl2O4. The molecule has 0 atom stereocenters. The summed E-state index contributed by atoms with van der Waals surface area (Å²) >= 11 is 10.8. The molecule has 0 saturated carbocycles. The third-order valence-corrected chi connectivity index (χ3v) is 3.04. The van der Waals surface area contributed by atoms with E-state index in [1.54, 1.807) is 0 Å². The first-order valence-electron chi connectivity index (χ1n) is 7.14. The van der Waals surface area contributed by atoms with Gasteiger partial charge in [-0.1, -0.05) is 25.7 Å². The molecule has 0 N–H and O–H groups in total. The van der Waals surface area contributed by atoms with Gasteiger partial charge in [0, 0.05) is 11.8 Å². The van der Waals surface area contributed by atoms with Gasteiger partial charge in [0.25, 0.3) is 0 Å². The van der Waals surface area contributed by atoms with Crippen molar-refractivity contribution < 1.29 is 19.1 Å². The van der Waals surface area contributed by atoms with E-state index in [9.17, 15) is 9.59 Å². The molecule has 0 saturated heterocycles. The van der Waals surface area contributed by atoms with Crippen LogP contribution in [0.3, 0.4) is 0 Å². The van der Waals surface area contributed by atoms with Crippen LogP contribution in [0.15, 0.2) is 0 Å². The summed E-state index contributed by atoms with van der Waals surface area (Å²) in [5.41, 5.74) is 0. The normalized spacial score (nSPS) is 10.3. The van der Waals surface area contributed by atoms with Crippen LogP contribution in [0.5, 0.6) is 0 Å². The van der Waals surface area contributed by atoms with Gasteiger partial charge in [0.05, 0.1) is 26.1 Å². The van der Waals surface area contributed by atoms with E-state index in [1.165, 1.54) is 0 Å². The number of carbonyl (C=O) groups excluding carboxylic acids is 2. The summed E-state index contributed by atoms with van der Waals surface area (Å²) in [7, 11) is 0. The lowest BCUT2D eigenvalue weighted by molar-refractivity contribution is -0.144. The van der Waals surface area contributed by atoms with Crippen molar-refractivity contribution in [3.63, 3.8) is 0 Å². The van der Waals surface area contributed by atoms with Crippen molar-refractivity contribution in [2.75, 3.05) is 25.0 Å². The highest BCUT2D eigenvalue weighted by atomic mass is 35.5. The Kier molecular flexibility index (Phi) is 14.6. The molecule has 20 heavy (non-hydrogen) atoms. The fourth-order valence-corrected chi connectivity index (χ4v) is 1.89. The summed E-state index contributed by atoms with van der Waals surface area (Å²) in [6.07, 6.45) is 6.62. The molecule has 118 valence electrons. The van der Waals surface area contributed by atoms with Crippen molar-refractivity contribution in [1.82, 2.24) is 0 Å². The van der Waals surface area contributed by atoms with Gasteiger partial charge in [-0.15, -0.1) is 23.2 Å². The third kappa shape index (κ3) is 13.9. The largest absolute Gasteiger partial charge is 0.466 e. The second-order valence-corrected chi connectivity index (χ2v) is 5.20. The Labute approximate surface area is 131 Å². The Morgan fingerprint density at radius 2 is 1.00 bits per heavy atom. The first-order chi connectivity index (χ1) is 9.70. The van der Waals surface area contributed by atoms with E-state index >= 15 is 0 Å². The zero-order chi connectivity index (χ0) is 15.1. The molecule has 0 unspecified atom stereocenters. The van der Waals surface area contributed by atoms with Gasteiger partial charge in [-0.2, -0.15) is 0 Å². The van der Waals surface area contributed by atoms with Crippen LogP contribution in [0.4, 0.5) is 0 Å². The van der Waals surface area contributed by atoms with Crippen LogP contribution in [0.1, 0.15) is 51.4 Å². The van der Waals surface area contributed by atoms with Crippen molar-refractivity contribution in [3.05, 3.63) is 0 Å². The molecule has 4 nitrogen and oxygen atoms in total. The van der Waals surface area contributed by atoms with E-state index in [4.69, 9.17) is 32.7 Å². The molecule has 0 aliphatic rings. The predicted molar refractivity (Wildman–Crippen MR) is 80.3 cm³/mol. The summed E-state index contributed by atoms with van der Waals surface area (Å²) in [5.74, 6) is 0.181. The Morgan fingerprint density at radius 3 is 1.35 bits per heavy atom. The Balaban J connectivity index is 3.13. The summed E-state index contributed by atoms with van der Waals surface area (Å²) in [6, 6.07) is 0. The second-order valence-electron chi connectivity index (χ2n) is 4.44. The zero-order valence-electron chi connectivity index (χ0n) is 11.9. The maximum atomic E-state index is 11.0. The van der Waals surface area contributed by atoms with E-state index in [0.717, 1.165) is 38.5 Å². The summed E-state index contributed by atoms with van der Waals surface area (Å²) in [6.45, 7) is 0.956. The second kappa shape index (κ2) is 14.9. The smallest absolute Gasteiger partial charge is 0.306 e.